The molecular weight excluding hydrogens is 276 g/mol. The number of para-hydroxylation sites is 1. The van der Waals surface area contributed by atoms with Crippen LogP contribution >= 0.6 is 0 Å². The Morgan fingerprint density at radius 2 is 2.20 bits per heavy atom. The highest BCUT2D eigenvalue weighted by Gasteiger charge is 2.21. The lowest BCUT2D eigenvalue weighted by Crippen LogP contribution is -2.35. The lowest BCUT2D eigenvalue weighted by molar-refractivity contribution is 0.185. The zero-order chi connectivity index (χ0) is 14.4. The van der Waals surface area contributed by atoms with Crippen LogP contribution in [0.25, 0.3) is 0 Å². The van der Waals surface area contributed by atoms with Crippen LogP contribution in [0.15, 0.2) is 24.3 Å². The molecule has 1 aliphatic rings. The molecule has 0 aliphatic carbocycles. The van der Waals surface area contributed by atoms with Crippen LogP contribution in [0.5, 0.6) is 0 Å². The predicted molar refractivity (Wildman–Crippen MR) is 80.2 cm³/mol. The van der Waals surface area contributed by atoms with E-state index in [2.05, 4.69) is 10.0 Å². The maximum atomic E-state index is 12.2. The SMILES string of the molecule is COCc1ccccc1NS(=O)(=O)CC1CCCNC1. The summed E-state index contributed by atoms with van der Waals surface area (Å²) in [7, 11) is -1.72. The number of hydrogen-bond acceptors (Lipinski definition) is 4. The maximum Gasteiger partial charge on any atom is 0.233 e. The molecule has 0 aromatic heterocycles. The molecular formula is C14H22N2O3S. The van der Waals surface area contributed by atoms with Crippen LogP contribution in [0.1, 0.15) is 18.4 Å². The molecule has 1 unspecified atom stereocenters. The number of piperidine rings is 1. The molecule has 112 valence electrons. The molecule has 1 saturated heterocycles. The first-order chi connectivity index (χ1) is 9.61. The summed E-state index contributed by atoms with van der Waals surface area (Å²) in [5.41, 5.74) is 1.46. The number of rotatable bonds is 6. The highest BCUT2D eigenvalue weighted by molar-refractivity contribution is 7.92. The van der Waals surface area contributed by atoms with E-state index in [1.165, 1.54) is 0 Å². The van der Waals surface area contributed by atoms with Gasteiger partial charge in [-0.1, -0.05) is 18.2 Å². The summed E-state index contributed by atoms with van der Waals surface area (Å²) in [6, 6.07) is 7.32. The van der Waals surface area contributed by atoms with E-state index in [-0.39, 0.29) is 11.7 Å². The molecule has 0 saturated carbocycles. The number of sulfonamides is 1. The molecule has 1 fully saturated rings. The second-order valence-electron chi connectivity index (χ2n) is 5.19. The second kappa shape index (κ2) is 7.06. The van der Waals surface area contributed by atoms with Gasteiger partial charge in [0, 0.05) is 12.7 Å². The standard InChI is InChI=1S/C14H22N2O3S/c1-19-10-13-6-2-3-7-14(13)16-20(17,18)11-12-5-4-8-15-9-12/h2-3,6-7,12,15-16H,4-5,8-11H2,1H3. The summed E-state index contributed by atoms with van der Waals surface area (Å²) in [5.74, 6) is 0.359. The van der Waals surface area contributed by atoms with Crippen molar-refractivity contribution in [2.45, 2.75) is 19.4 Å². The minimum atomic E-state index is -3.32. The number of anilines is 1. The summed E-state index contributed by atoms with van der Waals surface area (Å²) in [5, 5.41) is 3.24. The zero-order valence-electron chi connectivity index (χ0n) is 11.8. The van der Waals surface area contributed by atoms with E-state index in [0.717, 1.165) is 31.5 Å². The quantitative estimate of drug-likeness (QED) is 0.836. The Morgan fingerprint density at radius 1 is 1.40 bits per heavy atom. The molecule has 6 heteroatoms. The first kappa shape index (κ1) is 15.3. The predicted octanol–water partition coefficient (Wildman–Crippen LogP) is 1.57. The van der Waals surface area contributed by atoms with E-state index in [1.54, 1.807) is 13.2 Å². The van der Waals surface area contributed by atoms with Gasteiger partial charge in [0.1, 0.15) is 0 Å². The number of nitrogens with one attached hydrogen (secondary N) is 2. The molecule has 1 aliphatic heterocycles. The lowest BCUT2D eigenvalue weighted by Gasteiger charge is -2.23. The van der Waals surface area contributed by atoms with E-state index in [0.29, 0.717) is 12.3 Å². The topological polar surface area (TPSA) is 67.4 Å². The van der Waals surface area contributed by atoms with Gasteiger partial charge in [0.2, 0.25) is 10.0 Å². The molecule has 2 N–H and O–H groups in total. The van der Waals surface area contributed by atoms with Crippen molar-refractivity contribution >= 4 is 15.7 Å². The smallest absolute Gasteiger partial charge is 0.233 e. The molecule has 1 atom stereocenters. The van der Waals surface area contributed by atoms with Crippen molar-refractivity contribution in [3.05, 3.63) is 29.8 Å². The van der Waals surface area contributed by atoms with Crippen molar-refractivity contribution in [3.8, 4) is 0 Å². The summed E-state index contributed by atoms with van der Waals surface area (Å²) in [6.07, 6.45) is 2.01. The van der Waals surface area contributed by atoms with Crippen LogP contribution in [-0.4, -0.2) is 34.4 Å². The molecule has 1 heterocycles. The molecule has 0 bridgehead atoms. The van der Waals surface area contributed by atoms with E-state index in [4.69, 9.17) is 4.74 Å². The average molecular weight is 298 g/mol. The molecule has 0 spiro atoms. The Morgan fingerprint density at radius 3 is 2.90 bits per heavy atom. The Bertz CT molecular complexity index is 525. The third-order valence-corrected chi connectivity index (χ3v) is 4.88. The zero-order valence-corrected chi connectivity index (χ0v) is 12.6. The first-order valence-electron chi connectivity index (χ1n) is 6.89. The number of benzene rings is 1. The lowest BCUT2D eigenvalue weighted by atomic mass is 10.0. The second-order valence-corrected chi connectivity index (χ2v) is 6.95. The Labute approximate surface area is 120 Å². The summed E-state index contributed by atoms with van der Waals surface area (Å²) < 4.78 is 32.3. The van der Waals surface area contributed by atoms with Gasteiger partial charge in [-0.25, -0.2) is 8.42 Å². The van der Waals surface area contributed by atoms with Gasteiger partial charge in [0.15, 0.2) is 0 Å². The van der Waals surface area contributed by atoms with Gasteiger partial charge >= 0.3 is 0 Å². The van der Waals surface area contributed by atoms with Crippen LogP contribution in [0, 0.1) is 5.92 Å². The average Bonchev–Trinajstić information content (AvgIpc) is 2.41. The van der Waals surface area contributed by atoms with Crippen LogP contribution in [-0.2, 0) is 21.4 Å². The highest BCUT2D eigenvalue weighted by Crippen LogP contribution is 2.19. The fraction of sp³-hybridized carbons (Fsp3) is 0.571. The Balaban J connectivity index is 2.03. The van der Waals surface area contributed by atoms with Gasteiger partial charge in [0.05, 0.1) is 18.0 Å². The fourth-order valence-electron chi connectivity index (χ4n) is 2.49. The van der Waals surface area contributed by atoms with Crippen LogP contribution in [0.2, 0.25) is 0 Å². The van der Waals surface area contributed by atoms with E-state index in [9.17, 15) is 8.42 Å². The number of methoxy groups -OCH3 is 1. The Hall–Kier alpha value is -1.11. The maximum absolute atomic E-state index is 12.2. The molecule has 0 amide bonds. The van der Waals surface area contributed by atoms with Crippen molar-refractivity contribution in [2.75, 3.05) is 30.7 Å². The molecule has 1 aromatic carbocycles. The van der Waals surface area contributed by atoms with Crippen LogP contribution < -0.4 is 10.0 Å². The van der Waals surface area contributed by atoms with Crippen molar-refractivity contribution in [1.82, 2.24) is 5.32 Å². The third-order valence-electron chi connectivity index (χ3n) is 3.44. The summed E-state index contributed by atoms with van der Waals surface area (Å²) in [6.45, 7) is 2.16. The minimum Gasteiger partial charge on any atom is -0.380 e. The molecule has 20 heavy (non-hydrogen) atoms. The largest absolute Gasteiger partial charge is 0.380 e. The van der Waals surface area contributed by atoms with Gasteiger partial charge in [-0.3, -0.25) is 4.72 Å². The molecule has 1 aromatic rings. The van der Waals surface area contributed by atoms with E-state index in [1.807, 2.05) is 18.2 Å². The van der Waals surface area contributed by atoms with Gasteiger partial charge in [0.25, 0.3) is 0 Å². The monoisotopic (exact) mass is 298 g/mol. The number of ether oxygens (including phenoxy) is 1. The molecule has 0 radical (unpaired) electrons. The van der Waals surface area contributed by atoms with Crippen LogP contribution in [0.4, 0.5) is 5.69 Å². The summed E-state index contributed by atoms with van der Waals surface area (Å²) >= 11 is 0. The van der Waals surface area contributed by atoms with Gasteiger partial charge in [-0.2, -0.15) is 0 Å². The normalized spacial score (nSPS) is 19.8. The summed E-state index contributed by atoms with van der Waals surface area (Å²) in [4.78, 5) is 0. The van der Waals surface area contributed by atoms with E-state index >= 15 is 0 Å². The Kier molecular flexibility index (Phi) is 5.39. The van der Waals surface area contributed by atoms with Crippen molar-refractivity contribution < 1.29 is 13.2 Å². The van der Waals surface area contributed by atoms with Gasteiger partial charge in [-0.05, 0) is 37.9 Å². The van der Waals surface area contributed by atoms with Crippen molar-refractivity contribution in [3.63, 3.8) is 0 Å². The molecule has 2 rings (SSSR count). The molecule has 5 nitrogen and oxygen atoms in total. The number of hydrogen-bond donors (Lipinski definition) is 2. The van der Waals surface area contributed by atoms with Crippen LogP contribution in [0.3, 0.4) is 0 Å². The minimum absolute atomic E-state index is 0.168. The first-order valence-corrected chi connectivity index (χ1v) is 8.54. The van der Waals surface area contributed by atoms with E-state index < -0.39 is 10.0 Å². The highest BCUT2D eigenvalue weighted by atomic mass is 32.2. The van der Waals surface area contributed by atoms with Gasteiger partial charge in [-0.15, -0.1) is 0 Å². The third kappa shape index (κ3) is 4.47. The van der Waals surface area contributed by atoms with Crippen molar-refractivity contribution in [2.24, 2.45) is 5.92 Å². The fourth-order valence-corrected chi connectivity index (χ4v) is 4.01. The van der Waals surface area contributed by atoms with Gasteiger partial charge < -0.3 is 10.1 Å². The van der Waals surface area contributed by atoms with Crippen molar-refractivity contribution in [1.29, 1.82) is 0 Å².